The third-order valence-electron chi connectivity index (χ3n) is 3.99. The fourth-order valence-corrected chi connectivity index (χ4v) is 3.80. The van der Waals surface area contributed by atoms with Gasteiger partial charge < -0.3 is 4.57 Å². The second kappa shape index (κ2) is 6.27. The molecule has 7 heteroatoms. The molecule has 0 aliphatic heterocycles. The van der Waals surface area contributed by atoms with E-state index in [4.69, 9.17) is 0 Å². The molecule has 2 heterocycles. The van der Waals surface area contributed by atoms with Crippen LogP contribution in [-0.2, 0) is 10.0 Å². The molecule has 0 aliphatic rings. The highest BCUT2D eigenvalue weighted by atomic mass is 32.2. The van der Waals surface area contributed by atoms with Gasteiger partial charge in [-0.2, -0.15) is 0 Å². The van der Waals surface area contributed by atoms with Crippen LogP contribution in [0.4, 0.5) is 10.1 Å². The van der Waals surface area contributed by atoms with Gasteiger partial charge in [-0.1, -0.05) is 0 Å². The third-order valence-corrected chi connectivity index (χ3v) is 5.39. The summed E-state index contributed by atoms with van der Waals surface area (Å²) in [5, 5.41) is 0.883. The van der Waals surface area contributed by atoms with E-state index in [-0.39, 0.29) is 4.90 Å². The maximum absolute atomic E-state index is 13.0. The molecule has 0 bridgehead atoms. The summed E-state index contributed by atoms with van der Waals surface area (Å²) in [5.41, 5.74) is 2.29. The van der Waals surface area contributed by atoms with Crippen LogP contribution < -0.4 is 4.72 Å². The highest BCUT2D eigenvalue weighted by Gasteiger charge is 2.15. The minimum Gasteiger partial charge on any atom is -0.315 e. The summed E-state index contributed by atoms with van der Waals surface area (Å²) in [6.07, 6.45) is 5.36. The number of rotatable bonds is 4. The molecule has 0 unspecified atom stereocenters. The van der Waals surface area contributed by atoms with Crippen LogP contribution in [0.1, 0.15) is 0 Å². The molecular weight excluding hydrogens is 353 g/mol. The first-order valence-corrected chi connectivity index (χ1v) is 9.31. The van der Waals surface area contributed by atoms with Gasteiger partial charge in [-0.25, -0.2) is 12.8 Å². The Kier molecular flexibility index (Phi) is 3.93. The second-order valence-electron chi connectivity index (χ2n) is 5.73. The molecule has 130 valence electrons. The Bertz CT molecular complexity index is 1170. The molecule has 5 nitrogen and oxygen atoms in total. The number of nitrogens with zero attached hydrogens (tertiary/aromatic N) is 2. The van der Waals surface area contributed by atoms with Gasteiger partial charge in [0.2, 0.25) is 0 Å². The highest BCUT2D eigenvalue weighted by Crippen LogP contribution is 2.25. The van der Waals surface area contributed by atoms with Gasteiger partial charge in [0.15, 0.2) is 0 Å². The number of anilines is 1. The number of halogens is 1. The van der Waals surface area contributed by atoms with Crippen LogP contribution in [-0.4, -0.2) is 18.0 Å². The first-order valence-electron chi connectivity index (χ1n) is 7.83. The largest absolute Gasteiger partial charge is 0.315 e. The molecule has 0 saturated carbocycles. The number of fused-ring (bicyclic) bond motifs is 1. The maximum Gasteiger partial charge on any atom is 0.261 e. The van der Waals surface area contributed by atoms with E-state index in [0.29, 0.717) is 5.69 Å². The summed E-state index contributed by atoms with van der Waals surface area (Å²) in [7, 11) is -3.78. The number of nitrogens with one attached hydrogen (secondary N) is 1. The van der Waals surface area contributed by atoms with Crippen LogP contribution in [0.15, 0.2) is 84.1 Å². The summed E-state index contributed by atoms with van der Waals surface area (Å²) in [6, 6.07) is 15.7. The van der Waals surface area contributed by atoms with Crippen LogP contribution in [0.5, 0.6) is 0 Å². The molecule has 2 aromatic heterocycles. The Hall–Kier alpha value is -3.19. The number of aromatic nitrogens is 2. The molecule has 1 N–H and O–H groups in total. The fourth-order valence-electron chi connectivity index (χ4n) is 2.76. The van der Waals surface area contributed by atoms with Gasteiger partial charge in [0.25, 0.3) is 10.0 Å². The lowest BCUT2D eigenvalue weighted by Crippen LogP contribution is -2.12. The van der Waals surface area contributed by atoms with Crippen LogP contribution in [0.3, 0.4) is 0 Å². The average Bonchev–Trinajstić information content (AvgIpc) is 3.05. The molecule has 0 radical (unpaired) electrons. The molecule has 0 atom stereocenters. The Balaban J connectivity index is 1.67. The predicted molar refractivity (Wildman–Crippen MR) is 98.3 cm³/mol. The standard InChI is InChI=1S/C19H14FN3O2S/c20-15-3-6-18(7-4-15)26(24,25)22-16-5-8-19-14(12-16)9-11-23(19)17-2-1-10-21-13-17/h1-13,22H. The average molecular weight is 367 g/mol. The fraction of sp³-hybridized carbons (Fsp3) is 0. The minimum atomic E-state index is -3.78. The van der Waals surface area contributed by atoms with Crippen LogP contribution in [0.2, 0.25) is 0 Å². The van der Waals surface area contributed by atoms with Crippen molar-refractivity contribution in [1.82, 2.24) is 9.55 Å². The second-order valence-corrected chi connectivity index (χ2v) is 7.41. The molecule has 2 aromatic carbocycles. The summed E-state index contributed by atoms with van der Waals surface area (Å²) in [4.78, 5) is 4.12. The number of hydrogen-bond acceptors (Lipinski definition) is 3. The number of pyridine rings is 1. The maximum atomic E-state index is 13.0. The van der Waals surface area contributed by atoms with Crippen molar-refractivity contribution in [3.05, 3.63) is 85.1 Å². The van der Waals surface area contributed by atoms with E-state index in [1.807, 2.05) is 35.0 Å². The zero-order valence-corrected chi connectivity index (χ0v) is 14.3. The molecule has 4 rings (SSSR count). The van der Waals surface area contributed by atoms with E-state index in [1.54, 1.807) is 24.5 Å². The predicted octanol–water partition coefficient (Wildman–Crippen LogP) is 3.97. The van der Waals surface area contributed by atoms with Gasteiger partial charge in [-0.15, -0.1) is 0 Å². The molecule has 0 spiro atoms. The van der Waals surface area contributed by atoms with E-state index < -0.39 is 15.8 Å². The summed E-state index contributed by atoms with van der Waals surface area (Å²) >= 11 is 0. The monoisotopic (exact) mass is 367 g/mol. The van der Waals surface area contributed by atoms with Crippen molar-refractivity contribution in [2.24, 2.45) is 0 Å². The molecular formula is C19H14FN3O2S. The number of benzene rings is 2. The van der Waals surface area contributed by atoms with Gasteiger partial charge in [-0.3, -0.25) is 9.71 Å². The van der Waals surface area contributed by atoms with E-state index in [0.717, 1.165) is 28.7 Å². The summed E-state index contributed by atoms with van der Waals surface area (Å²) in [5.74, 6) is -0.484. The van der Waals surface area contributed by atoms with Gasteiger partial charge in [-0.05, 0) is 60.7 Å². The van der Waals surface area contributed by atoms with Gasteiger partial charge in [0, 0.05) is 23.5 Å². The zero-order chi connectivity index (χ0) is 18.1. The Morgan fingerprint density at radius 3 is 2.54 bits per heavy atom. The third kappa shape index (κ3) is 3.04. The van der Waals surface area contributed by atoms with Gasteiger partial charge in [0.1, 0.15) is 5.82 Å². The number of hydrogen-bond donors (Lipinski definition) is 1. The van der Waals surface area contributed by atoms with Crippen molar-refractivity contribution in [3.8, 4) is 5.69 Å². The smallest absolute Gasteiger partial charge is 0.261 e. The highest BCUT2D eigenvalue weighted by molar-refractivity contribution is 7.92. The SMILES string of the molecule is O=S(=O)(Nc1ccc2c(ccn2-c2cccnc2)c1)c1ccc(F)cc1. The molecule has 0 aliphatic carbocycles. The van der Waals surface area contributed by atoms with Crippen molar-refractivity contribution >= 4 is 26.6 Å². The Labute approximate surface area is 149 Å². The molecule has 0 amide bonds. The lowest BCUT2D eigenvalue weighted by Gasteiger charge is -2.09. The van der Waals surface area contributed by atoms with Crippen molar-refractivity contribution in [2.75, 3.05) is 4.72 Å². The molecule has 0 saturated heterocycles. The zero-order valence-electron chi connectivity index (χ0n) is 13.5. The van der Waals surface area contributed by atoms with Gasteiger partial charge in [0.05, 0.1) is 22.3 Å². The van der Waals surface area contributed by atoms with Crippen molar-refractivity contribution < 1.29 is 12.8 Å². The Morgan fingerprint density at radius 1 is 1.00 bits per heavy atom. The minimum absolute atomic E-state index is 0.00641. The van der Waals surface area contributed by atoms with Crippen LogP contribution in [0.25, 0.3) is 16.6 Å². The van der Waals surface area contributed by atoms with Crippen molar-refractivity contribution in [3.63, 3.8) is 0 Å². The van der Waals surface area contributed by atoms with Crippen LogP contribution in [0, 0.1) is 5.82 Å². The topological polar surface area (TPSA) is 64.0 Å². The van der Waals surface area contributed by atoms with Gasteiger partial charge >= 0.3 is 0 Å². The Morgan fingerprint density at radius 2 is 1.81 bits per heavy atom. The molecule has 0 fully saturated rings. The normalized spacial score (nSPS) is 11.6. The summed E-state index contributed by atoms with van der Waals surface area (Å²) < 4.78 is 42.3. The van der Waals surface area contributed by atoms with Crippen LogP contribution >= 0.6 is 0 Å². The van der Waals surface area contributed by atoms with E-state index in [1.165, 1.54) is 12.1 Å². The molecule has 4 aromatic rings. The van der Waals surface area contributed by atoms with Crippen molar-refractivity contribution in [1.29, 1.82) is 0 Å². The lowest BCUT2D eigenvalue weighted by molar-refractivity contribution is 0.599. The van der Waals surface area contributed by atoms with E-state index in [9.17, 15) is 12.8 Å². The lowest BCUT2D eigenvalue weighted by atomic mass is 10.2. The first kappa shape index (κ1) is 16.3. The first-order chi connectivity index (χ1) is 12.5. The van der Waals surface area contributed by atoms with Crippen molar-refractivity contribution in [2.45, 2.75) is 4.90 Å². The molecule has 26 heavy (non-hydrogen) atoms. The number of sulfonamides is 1. The van der Waals surface area contributed by atoms with E-state index in [2.05, 4.69) is 9.71 Å². The summed E-state index contributed by atoms with van der Waals surface area (Å²) in [6.45, 7) is 0. The quantitative estimate of drug-likeness (QED) is 0.594. The van der Waals surface area contributed by atoms with E-state index >= 15 is 0 Å².